The van der Waals surface area contributed by atoms with Crippen molar-refractivity contribution >= 4 is 33.9 Å². The summed E-state index contributed by atoms with van der Waals surface area (Å²) in [5, 5.41) is 2.17. The Morgan fingerprint density at radius 1 is 1.18 bits per heavy atom. The van der Waals surface area contributed by atoms with Crippen molar-refractivity contribution in [2.24, 2.45) is 4.99 Å². The summed E-state index contributed by atoms with van der Waals surface area (Å²) in [5.74, 6) is 0.719. The lowest BCUT2D eigenvalue weighted by molar-refractivity contribution is -0.115. The van der Waals surface area contributed by atoms with Gasteiger partial charge in [0.15, 0.2) is 0 Å². The van der Waals surface area contributed by atoms with Crippen LogP contribution >= 0.6 is 0 Å². The van der Waals surface area contributed by atoms with Crippen LogP contribution in [-0.2, 0) is 4.79 Å². The Balaban J connectivity index is 2.43. The standard InChI is InChI=1S/C14H12N2O/c1-9-15-12-7-3-5-11-6-4-8-13(14(11)12)16(9)10(2)17/h3-8H,1-2H3. The zero-order chi connectivity index (χ0) is 12.0. The third-order valence-corrected chi connectivity index (χ3v) is 3.02. The largest absolute Gasteiger partial charge is 0.274 e. The summed E-state index contributed by atoms with van der Waals surface area (Å²) in [6.45, 7) is 3.42. The molecule has 2 aromatic rings. The number of carbonyl (C=O) groups is 1. The molecule has 0 saturated heterocycles. The van der Waals surface area contributed by atoms with Gasteiger partial charge < -0.3 is 0 Å². The number of carbonyl (C=O) groups excluding carboxylic acids is 1. The number of hydrogen-bond acceptors (Lipinski definition) is 2. The maximum Gasteiger partial charge on any atom is 0.229 e. The van der Waals surface area contributed by atoms with Gasteiger partial charge in [0, 0.05) is 12.3 Å². The summed E-state index contributed by atoms with van der Waals surface area (Å²) in [5.41, 5.74) is 1.87. The molecule has 0 atom stereocenters. The van der Waals surface area contributed by atoms with E-state index in [4.69, 9.17) is 0 Å². The maximum atomic E-state index is 11.7. The first-order valence-electron chi connectivity index (χ1n) is 5.56. The smallest absolute Gasteiger partial charge is 0.229 e. The molecule has 84 valence electrons. The third-order valence-electron chi connectivity index (χ3n) is 3.02. The van der Waals surface area contributed by atoms with Gasteiger partial charge in [-0.1, -0.05) is 24.3 Å². The molecule has 0 aliphatic carbocycles. The first-order chi connectivity index (χ1) is 8.18. The highest BCUT2D eigenvalue weighted by atomic mass is 16.2. The van der Waals surface area contributed by atoms with Gasteiger partial charge in [0.2, 0.25) is 5.91 Å². The van der Waals surface area contributed by atoms with Crippen LogP contribution in [0.2, 0.25) is 0 Å². The van der Waals surface area contributed by atoms with Crippen LogP contribution in [-0.4, -0.2) is 11.7 Å². The SMILES string of the molecule is CC(=O)N1C(C)=Nc2cccc3cccc1c23. The van der Waals surface area contributed by atoms with Crippen LogP contribution in [0.15, 0.2) is 41.4 Å². The molecule has 0 aromatic heterocycles. The molecule has 2 aromatic carbocycles. The lowest BCUT2D eigenvalue weighted by Crippen LogP contribution is -2.34. The number of hydrogen-bond donors (Lipinski definition) is 0. The van der Waals surface area contributed by atoms with Gasteiger partial charge in [-0.05, 0) is 24.4 Å². The average Bonchev–Trinajstić information content (AvgIpc) is 2.28. The molecule has 3 heteroatoms. The Morgan fingerprint density at radius 2 is 1.88 bits per heavy atom. The van der Waals surface area contributed by atoms with E-state index in [9.17, 15) is 4.79 Å². The van der Waals surface area contributed by atoms with Gasteiger partial charge in [0.1, 0.15) is 5.84 Å². The predicted molar refractivity (Wildman–Crippen MR) is 69.9 cm³/mol. The van der Waals surface area contributed by atoms with Gasteiger partial charge in [-0.3, -0.25) is 9.69 Å². The maximum absolute atomic E-state index is 11.7. The van der Waals surface area contributed by atoms with Crippen molar-refractivity contribution in [2.75, 3.05) is 4.90 Å². The van der Waals surface area contributed by atoms with Crippen molar-refractivity contribution in [1.82, 2.24) is 0 Å². The van der Waals surface area contributed by atoms with Crippen LogP contribution in [0.5, 0.6) is 0 Å². The Kier molecular flexibility index (Phi) is 2.01. The monoisotopic (exact) mass is 224 g/mol. The van der Waals surface area contributed by atoms with Crippen LogP contribution in [0.4, 0.5) is 11.4 Å². The van der Waals surface area contributed by atoms with E-state index in [1.165, 1.54) is 0 Å². The number of nitrogens with zero attached hydrogens (tertiary/aromatic N) is 2. The number of rotatable bonds is 0. The number of amidine groups is 1. The van der Waals surface area contributed by atoms with Crippen LogP contribution in [0.3, 0.4) is 0 Å². The highest BCUT2D eigenvalue weighted by Gasteiger charge is 2.22. The fraction of sp³-hybridized carbons (Fsp3) is 0.143. The van der Waals surface area contributed by atoms with Crippen molar-refractivity contribution < 1.29 is 4.79 Å². The quantitative estimate of drug-likeness (QED) is 0.676. The molecule has 0 saturated carbocycles. The summed E-state index contributed by atoms with van der Waals surface area (Å²) in [6, 6.07) is 12.0. The van der Waals surface area contributed by atoms with Crippen molar-refractivity contribution in [1.29, 1.82) is 0 Å². The van der Waals surface area contributed by atoms with Gasteiger partial charge in [0.05, 0.1) is 11.4 Å². The second-order valence-electron chi connectivity index (χ2n) is 4.17. The molecule has 1 amide bonds. The van der Waals surface area contributed by atoms with E-state index in [0.717, 1.165) is 28.0 Å². The molecule has 0 spiro atoms. The summed E-state index contributed by atoms with van der Waals surface area (Å²) in [7, 11) is 0. The zero-order valence-electron chi connectivity index (χ0n) is 9.77. The number of aliphatic imine (C=N–C) groups is 1. The highest BCUT2D eigenvalue weighted by molar-refractivity contribution is 6.24. The Morgan fingerprint density at radius 3 is 2.59 bits per heavy atom. The Hall–Kier alpha value is -2.16. The third kappa shape index (κ3) is 1.35. The molecule has 1 aliphatic heterocycles. The van der Waals surface area contributed by atoms with E-state index in [-0.39, 0.29) is 5.91 Å². The van der Waals surface area contributed by atoms with Gasteiger partial charge in [-0.2, -0.15) is 0 Å². The van der Waals surface area contributed by atoms with E-state index in [1.807, 2.05) is 43.3 Å². The minimum atomic E-state index is -0.00625. The van der Waals surface area contributed by atoms with Gasteiger partial charge in [0.25, 0.3) is 0 Å². The van der Waals surface area contributed by atoms with Gasteiger partial charge in [-0.15, -0.1) is 0 Å². The van der Waals surface area contributed by atoms with E-state index in [2.05, 4.69) is 4.99 Å². The van der Waals surface area contributed by atoms with E-state index >= 15 is 0 Å². The molecular formula is C14H12N2O. The molecule has 1 aliphatic rings. The predicted octanol–water partition coefficient (Wildman–Crippen LogP) is 3.26. The summed E-state index contributed by atoms with van der Waals surface area (Å²) in [4.78, 5) is 17.9. The topological polar surface area (TPSA) is 32.7 Å². The Labute approximate surface area is 99.4 Å². The molecule has 0 N–H and O–H groups in total. The molecule has 3 rings (SSSR count). The Bertz CT molecular complexity index is 653. The zero-order valence-corrected chi connectivity index (χ0v) is 9.77. The molecule has 0 fully saturated rings. The molecule has 3 nitrogen and oxygen atoms in total. The van der Waals surface area contributed by atoms with Crippen molar-refractivity contribution in [3.05, 3.63) is 36.4 Å². The molecular weight excluding hydrogens is 212 g/mol. The number of anilines is 1. The van der Waals surface area contributed by atoms with Crippen molar-refractivity contribution in [2.45, 2.75) is 13.8 Å². The second-order valence-corrected chi connectivity index (χ2v) is 4.17. The molecule has 0 bridgehead atoms. The summed E-state index contributed by atoms with van der Waals surface area (Å²) in [6.07, 6.45) is 0. The second kappa shape index (κ2) is 3.42. The fourth-order valence-corrected chi connectivity index (χ4v) is 2.38. The van der Waals surface area contributed by atoms with Gasteiger partial charge in [-0.25, -0.2) is 4.99 Å². The van der Waals surface area contributed by atoms with Crippen LogP contribution in [0.1, 0.15) is 13.8 Å². The normalized spacial score (nSPS) is 13.8. The fourth-order valence-electron chi connectivity index (χ4n) is 2.38. The summed E-state index contributed by atoms with van der Waals surface area (Å²) < 4.78 is 0. The minimum absolute atomic E-state index is 0.00625. The molecule has 1 heterocycles. The van der Waals surface area contributed by atoms with Crippen molar-refractivity contribution in [3.63, 3.8) is 0 Å². The lowest BCUT2D eigenvalue weighted by Gasteiger charge is -2.26. The van der Waals surface area contributed by atoms with E-state index in [0.29, 0.717) is 0 Å². The van der Waals surface area contributed by atoms with E-state index < -0.39 is 0 Å². The minimum Gasteiger partial charge on any atom is -0.274 e. The van der Waals surface area contributed by atoms with Crippen LogP contribution in [0, 0.1) is 0 Å². The first kappa shape index (κ1) is 10.0. The first-order valence-corrected chi connectivity index (χ1v) is 5.56. The van der Waals surface area contributed by atoms with Gasteiger partial charge >= 0.3 is 0 Å². The number of amides is 1. The molecule has 0 unspecified atom stereocenters. The number of benzene rings is 2. The summed E-state index contributed by atoms with van der Waals surface area (Å²) >= 11 is 0. The highest BCUT2D eigenvalue weighted by Crippen LogP contribution is 2.38. The van der Waals surface area contributed by atoms with Crippen LogP contribution < -0.4 is 4.90 Å². The van der Waals surface area contributed by atoms with Crippen molar-refractivity contribution in [3.8, 4) is 0 Å². The molecule has 17 heavy (non-hydrogen) atoms. The average molecular weight is 224 g/mol. The molecule has 0 radical (unpaired) electrons. The van der Waals surface area contributed by atoms with Crippen LogP contribution in [0.25, 0.3) is 10.8 Å². The van der Waals surface area contributed by atoms with E-state index in [1.54, 1.807) is 11.8 Å². The lowest BCUT2D eigenvalue weighted by atomic mass is 10.0.